The van der Waals surface area contributed by atoms with Crippen molar-refractivity contribution in [1.82, 2.24) is 20.0 Å². The Morgan fingerprint density at radius 1 is 1.25 bits per heavy atom. The molecule has 0 fully saturated rings. The number of benzene rings is 1. The lowest BCUT2D eigenvalue weighted by molar-refractivity contribution is 0.325. The predicted octanol–water partition coefficient (Wildman–Crippen LogP) is 4.28. The van der Waals surface area contributed by atoms with Gasteiger partial charge in [-0.15, -0.1) is 15.3 Å². The molecule has 2 aromatic heterocycles. The van der Waals surface area contributed by atoms with E-state index in [-0.39, 0.29) is 28.7 Å². The summed E-state index contributed by atoms with van der Waals surface area (Å²) in [6.07, 6.45) is 0. The van der Waals surface area contributed by atoms with E-state index in [0.717, 1.165) is 0 Å². The number of hydrogen-bond donors (Lipinski definition) is 2. The predicted molar refractivity (Wildman–Crippen MR) is 103 cm³/mol. The normalized spacial score (nSPS) is 11.7. The lowest BCUT2D eigenvalue weighted by Gasteiger charge is -2.14. The molecule has 3 aromatic rings. The summed E-state index contributed by atoms with van der Waals surface area (Å²) in [5, 5.41) is 39.5. The van der Waals surface area contributed by atoms with Gasteiger partial charge in [-0.2, -0.15) is 15.0 Å². The van der Waals surface area contributed by atoms with Gasteiger partial charge < -0.3 is 9.84 Å². The summed E-state index contributed by atoms with van der Waals surface area (Å²) in [5.41, 5.74) is 1.30. The van der Waals surface area contributed by atoms with Crippen LogP contribution in [-0.4, -0.2) is 31.7 Å². The van der Waals surface area contributed by atoms with Crippen LogP contribution in [0.2, 0.25) is 0 Å². The first-order valence-corrected chi connectivity index (χ1v) is 8.77. The van der Waals surface area contributed by atoms with Crippen molar-refractivity contribution in [2.45, 2.75) is 33.1 Å². The zero-order valence-electron chi connectivity index (χ0n) is 16.1. The van der Waals surface area contributed by atoms with Gasteiger partial charge in [0, 0.05) is 5.41 Å². The average molecular weight is 379 g/mol. The molecule has 1 aromatic carbocycles. The molecule has 0 radical (unpaired) electrons. The molecule has 0 unspecified atom stereocenters. The zero-order chi connectivity index (χ0) is 20.3. The number of ether oxygens (including phenoxy) is 1. The number of nitriles is 1. The molecule has 28 heavy (non-hydrogen) atoms. The molecule has 0 bridgehead atoms. The third-order valence-electron chi connectivity index (χ3n) is 3.91. The Hall–Kier alpha value is -3.67. The molecule has 0 atom stereocenters. The third-order valence-corrected chi connectivity index (χ3v) is 3.91. The third kappa shape index (κ3) is 3.57. The van der Waals surface area contributed by atoms with Crippen molar-refractivity contribution in [2.75, 3.05) is 6.61 Å². The highest BCUT2D eigenvalue weighted by Crippen LogP contribution is 2.39. The first-order valence-electron chi connectivity index (χ1n) is 8.77. The van der Waals surface area contributed by atoms with Crippen LogP contribution in [0.1, 0.15) is 39.0 Å². The topological polar surface area (TPSA) is 124 Å². The Labute approximate surface area is 162 Å². The van der Waals surface area contributed by atoms with E-state index < -0.39 is 0 Å². The monoisotopic (exact) mass is 379 g/mol. The van der Waals surface area contributed by atoms with E-state index >= 15 is 0 Å². The smallest absolute Gasteiger partial charge is 0.265 e. The average Bonchev–Trinajstić information content (AvgIpc) is 3.22. The van der Waals surface area contributed by atoms with Gasteiger partial charge in [0.25, 0.3) is 5.88 Å². The van der Waals surface area contributed by atoms with Crippen LogP contribution in [0.4, 0.5) is 11.5 Å². The van der Waals surface area contributed by atoms with E-state index in [1.165, 1.54) is 4.68 Å². The zero-order valence-corrected chi connectivity index (χ0v) is 16.1. The Bertz CT molecular complexity index is 1040. The number of rotatable bonds is 5. The fourth-order valence-electron chi connectivity index (χ4n) is 2.61. The number of azo groups is 1. The number of aromatic amines is 1. The quantitative estimate of drug-likeness (QED) is 0.640. The van der Waals surface area contributed by atoms with Crippen molar-refractivity contribution in [3.63, 3.8) is 0 Å². The molecule has 0 spiro atoms. The summed E-state index contributed by atoms with van der Waals surface area (Å²) < 4.78 is 6.81. The highest BCUT2D eigenvalue weighted by Gasteiger charge is 2.25. The lowest BCUT2D eigenvalue weighted by Crippen LogP contribution is -2.13. The van der Waals surface area contributed by atoms with Gasteiger partial charge in [0.05, 0.1) is 18.0 Å². The maximum absolute atomic E-state index is 10.6. The fourth-order valence-corrected chi connectivity index (χ4v) is 2.61. The Kier molecular flexibility index (Phi) is 5.13. The summed E-state index contributed by atoms with van der Waals surface area (Å²) in [6, 6.07) is 11.2. The second-order valence-corrected chi connectivity index (χ2v) is 7.02. The van der Waals surface area contributed by atoms with Gasteiger partial charge in [0.15, 0.2) is 5.82 Å². The second-order valence-electron chi connectivity index (χ2n) is 7.02. The van der Waals surface area contributed by atoms with Gasteiger partial charge in [0.2, 0.25) is 11.6 Å². The molecule has 144 valence electrons. The number of aromatic nitrogens is 4. The summed E-state index contributed by atoms with van der Waals surface area (Å²) in [6.45, 7) is 8.00. The number of nitrogens with zero attached hydrogens (tertiary/aromatic N) is 6. The molecule has 0 aliphatic rings. The summed E-state index contributed by atoms with van der Waals surface area (Å²) in [5.74, 6) is 0.135. The molecule has 0 aliphatic carbocycles. The second kappa shape index (κ2) is 7.52. The highest BCUT2D eigenvalue weighted by molar-refractivity contribution is 5.59. The maximum atomic E-state index is 10.6. The first kappa shape index (κ1) is 19.1. The molecule has 2 heterocycles. The van der Waals surface area contributed by atoms with Crippen molar-refractivity contribution < 1.29 is 9.84 Å². The van der Waals surface area contributed by atoms with Crippen LogP contribution >= 0.6 is 0 Å². The van der Waals surface area contributed by atoms with Gasteiger partial charge in [-0.1, -0.05) is 39.0 Å². The Morgan fingerprint density at radius 3 is 2.57 bits per heavy atom. The van der Waals surface area contributed by atoms with Crippen LogP contribution in [0.3, 0.4) is 0 Å². The molecule has 3 rings (SSSR count). The molecule has 2 N–H and O–H groups in total. The van der Waals surface area contributed by atoms with Crippen molar-refractivity contribution in [2.24, 2.45) is 10.2 Å². The summed E-state index contributed by atoms with van der Waals surface area (Å²) >= 11 is 0. The standard InChI is InChI=1S/C19H21N7O2/c1-5-28-17-14(18(27)26(25-17)12-9-7-6-8-10-12)21-23-16-13(11-20)15(22-24-16)19(2,3)4/h6-10,27H,5H2,1-4H3,(H,22,24)/b23-21+. The lowest BCUT2D eigenvalue weighted by atomic mass is 9.90. The van der Waals surface area contributed by atoms with E-state index in [0.29, 0.717) is 23.6 Å². The number of para-hydroxylation sites is 1. The van der Waals surface area contributed by atoms with Crippen molar-refractivity contribution in [1.29, 1.82) is 5.26 Å². The minimum absolute atomic E-state index is 0.0708. The van der Waals surface area contributed by atoms with Gasteiger partial charge in [-0.3, -0.25) is 5.10 Å². The van der Waals surface area contributed by atoms with Crippen LogP contribution in [0.5, 0.6) is 11.8 Å². The van der Waals surface area contributed by atoms with Crippen molar-refractivity contribution in [3.05, 3.63) is 41.6 Å². The first-order chi connectivity index (χ1) is 13.4. The number of H-pyrrole nitrogens is 1. The maximum Gasteiger partial charge on any atom is 0.265 e. The summed E-state index contributed by atoms with van der Waals surface area (Å²) in [4.78, 5) is 0. The van der Waals surface area contributed by atoms with E-state index in [2.05, 4.69) is 31.6 Å². The molecule has 0 amide bonds. The Balaban J connectivity index is 2.04. The van der Waals surface area contributed by atoms with Gasteiger partial charge in [-0.25, -0.2) is 0 Å². The number of nitrogens with one attached hydrogen (secondary N) is 1. The van der Waals surface area contributed by atoms with Crippen LogP contribution in [-0.2, 0) is 5.41 Å². The van der Waals surface area contributed by atoms with E-state index in [9.17, 15) is 10.4 Å². The fraction of sp³-hybridized carbons (Fsp3) is 0.316. The van der Waals surface area contributed by atoms with Crippen LogP contribution in [0.25, 0.3) is 5.69 Å². The molecule has 0 aliphatic heterocycles. The molecule has 9 nitrogen and oxygen atoms in total. The number of hydrogen-bond acceptors (Lipinski definition) is 7. The van der Waals surface area contributed by atoms with E-state index in [1.54, 1.807) is 19.1 Å². The largest absolute Gasteiger partial charge is 0.492 e. The van der Waals surface area contributed by atoms with Crippen LogP contribution in [0.15, 0.2) is 40.6 Å². The van der Waals surface area contributed by atoms with Crippen LogP contribution < -0.4 is 4.74 Å². The van der Waals surface area contributed by atoms with Crippen molar-refractivity contribution >= 4 is 11.5 Å². The van der Waals surface area contributed by atoms with Crippen molar-refractivity contribution in [3.8, 4) is 23.5 Å². The number of aromatic hydroxyl groups is 1. The van der Waals surface area contributed by atoms with Gasteiger partial charge in [0.1, 0.15) is 11.6 Å². The molecule has 0 saturated carbocycles. The molecule has 9 heteroatoms. The minimum atomic E-state index is -0.327. The van der Waals surface area contributed by atoms with E-state index in [4.69, 9.17) is 4.74 Å². The molecular formula is C19H21N7O2. The molecular weight excluding hydrogens is 358 g/mol. The Morgan fingerprint density at radius 2 is 1.96 bits per heavy atom. The van der Waals surface area contributed by atoms with Crippen LogP contribution in [0, 0.1) is 11.3 Å². The summed E-state index contributed by atoms with van der Waals surface area (Å²) in [7, 11) is 0. The van der Waals surface area contributed by atoms with E-state index in [1.807, 2.05) is 39.0 Å². The SMILES string of the molecule is CCOc1nn(-c2ccccc2)c(O)c1/N=N/c1[nH]nc(C(C)(C)C)c1C#N. The minimum Gasteiger partial charge on any atom is -0.492 e. The van der Waals surface area contributed by atoms with Gasteiger partial charge in [-0.05, 0) is 19.1 Å². The molecule has 0 saturated heterocycles. The highest BCUT2D eigenvalue weighted by atomic mass is 16.5. The van der Waals surface area contributed by atoms with Gasteiger partial charge >= 0.3 is 0 Å².